The largest absolute Gasteiger partial charge is 0.318 e. The zero-order valence-electron chi connectivity index (χ0n) is 8.37. The van der Waals surface area contributed by atoms with Crippen LogP contribution >= 0.6 is 0 Å². The molecule has 74 valence electrons. The van der Waals surface area contributed by atoms with Crippen molar-refractivity contribution in [1.29, 1.82) is 0 Å². The summed E-state index contributed by atoms with van der Waals surface area (Å²) < 4.78 is 4.61. The molecule has 0 radical (unpaired) electrons. The van der Waals surface area contributed by atoms with Crippen molar-refractivity contribution in [2.45, 2.75) is 13.5 Å². The molecular weight excluding hydrogens is 168 g/mol. The average molecular weight is 184 g/mol. The van der Waals surface area contributed by atoms with E-state index in [1.54, 1.807) is 0 Å². The van der Waals surface area contributed by atoms with Crippen LogP contribution in [-0.2, 0) is 6.54 Å². The monoisotopic (exact) mass is 184 g/mol. The van der Waals surface area contributed by atoms with Crippen LogP contribution in [-0.4, -0.2) is 42.4 Å². The molecule has 0 bridgehead atoms. The van der Waals surface area contributed by atoms with E-state index in [-0.39, 0.29) is 0 Å². The van der Waals surface area contributed by atoms with Gasteiger partial charge in [-0.25, -0.2) is 4.63 Å². The van der Waals surface area contributed by atoms with Gasteiger partial charge in [0.05, 0.1) is 0 Å². The Morgan fingerprint density at radius 2 is 2.23 bits per heavy atom. The minimum absolute atomic E-state index is 0.789. The molecule has 5 nitrogen and oxygen atoms in total. The smallest absolute Gasteiger partial charge is 0.122 e. The Kier molecular flexibility index (Phi) is 3.85. The summed E-state index contributed by atoms with van der Waals surface area (Å²) in [7, 11) is 3.99. The van der Waals surface area contributed by atoms with Crippen molar-refractivity contribution in [3.8, 4) is 0 Å². The first-order chi connectivity index (χ1) is 6.24. The highest BCUT2D eigenvalue weighted by atomic mass is 16.6. The van der Waals surface area contributed by atoms with Crippen LogP contribution in [0.2, 0.25) is 0 Å². The summed E-state index contributed by atoms with van der Waals surface area (Å²) in [5, 5.41) is 10.6. The van der Waals surface area contributed by atoms with Crippen LogP contribution in [0.15, 0.2) is 4.63 Å². The van der Waals surface area contributed by atoms with Crippen LogP contribution in [0.4, 0.5) is 0 Å². The Balaban J connectivity index is 2.36. The Morgan fingerprint density at radius 3 is 2.77 bits per heavy atom. The molecule has 0 amide bonds. The van der Waals surface area contributed by atoms with Crippen molar-refractivity contribution in [3.05, 3.63) is 11.4 Å². The van der Waals surface area contributed by atoms with Gasteiger partial charge in [0.2, 0.25) is 0 Å². The number of nitrogens with one attached hydrogen (secondary N) is 1. The highest BCUT2D eigenvalue weighted by Crippen LogP contribution is 2.02. The summed E-state index contributed by atoms with van der Waals surface area (Å²) in [6.45, 7) is 4.65. The molecule has 0 aliphatic carbocycles. The van der Waals surface area contributed by atoms with Gasteiger partial charge in [0.15, 0.2) is 0 Å². The van der Waals surface area contributed by atoms with E-state index < -0.39 is 0 Å². The van der Waals surface area contributed by atoms with E-state index in [0.29, 0.717) is 0 Å². The van der Waals surface area contributed by atoms with Crippen LogP contribution in [0.1, 0.15) is 11.4 Å². The SMILES string of the molecule is CNCCN(C)Cc1nonc1C. The van der Waals surface area contributed by atoms with Gasteiger partial charge in [0.1, 0.15) is 11.4 Å². The normalized spacial score (nSPS) is 11.1. The molecule has 0 saturated carbocycles. The van der Waals surface area contributed by atoms with Crippen LogP contribution < -0.4 is 5.32 Å². The molecule has 0 spiro atoms. The quantitative estimate of drug-likeness (QED) is 0.699. The van der Waals surface area contributed by atoms with Gasteiger partial charge >= 0.3 is 0 Å². The zero-order chi connectivity index (χ0) is 9.68. The average Bonchev–Trinajstić information content (AvgIpc) is 2.48. The topological polar surface area (TPSA) is 54.2 Å². The molecule has 0 aromatic carbocycles. The van der Waals surface area contributed by atoms with Gasteiger partial charge in [-0.2, -0.15) is 0 Å². The van der Waals surface area contributed by atoms with Crippen molar-refractivity contribution in [2.75, 3.05) is 27.2 Å². The van der Waals surface area contributed by atoms with E-state index >= 15 is 0 Å². The predicted octanol–water partition coefficient (Wildman–Crippen LogP) is 0.0292. The molecule has 1 heterocycles. The fourth-order valence-electron chi connectivity index (χ4n) is 1.03. The van der Waals surface area contributed by atoms with Crippen LogP contribution in [0.5, 0.6) is 0 Å². The van der Waals surface area contributed by atoms with Crippen molar-refractivity contribution in [2.24, 2.45) is 0 Å². The summed E-state index contributed by atoms with van der Waals surface area (Å²) in [6.07, 6.45) is 0. The lowest BCUT2D eigenvalue weighted by Crippen LogP contribution is -2.27. The second-order valence-electron chi connectivity index (χ2n) is 3.14. The summed E-state index contributed by atoms with van der Waals surface area (Å²) in [4.78, 5) is 2.17. The number of aromatic nitrogens is 2. The summed E-state index contributed by atoms with van der Waals surface area (Å²) in [6, 6.07) is 0. The van der Waals surface area contributed by atoms with Crippen LogP contribution in [0.3, 0.4) is 0 Å². The molecule has 1 aromatic heterocycles. The van der Waals surface area contributed by atoms with Crippen LogP contribution in [0, 0.1) is 6.92 Å². The van der Waals surface area contributed by atoms with Gasteiger partial charge in [-0.1, -0.05) is 10.3 Å². The number of hydrogen-bond acceptors (Lipinski definition) is 5. The maximum absolute atomic E-state index is 4.61. The number of likely N-dealkylation sites (N-methyl/N-ethyl adjacent to an activating group) is 2. The third-order valence-electron chi connectivity index (χ3n) is 1.91. The number of nitrogens with zero attached hydrogens (tertiary/aromatic N) is 3. The standard InChI is InChI=1S/C8H16N4O/c1-7-8(11-13-10-7)6-12(3)5-4-9-2/h9H,4-6H2,1-3H3. The molecule has 0 fully saturated rings. The molecule has 0 aliphatic rings. The molecule has 1 rings (SSSR count). The predicted molar refractivity (Wildman–Crippen MR) is 49.3 cm³/mol. The van der Waals surface area contributed by atoms with E-state index in [2.05, 4.69) is 25.2 Å². The lowest BCUT2D eigenvalue weighted by molar-refractivity contribution is 0.283. The molecule has 0 aliphatic heterocycles. The third-order valence-corrected chi connectivity index (χ3v) is 1.91. The lowest BCUT2D eigenvalue weighted by atomic mass is 10.3. The molecule has 0 atom stereocenters. The van der Waals surface area contributed by atoms with Crippen molar-refractivity contribution in [3.63, 3.8) is 0 Å². The summed E-state index contributed by atoms with van der Waals surface area (Å²) in [5.74, 6) is 0. The minimum atomic E-state index is 0.789. The van der Waals surface area contributed by atoms with E-state index in [0.717, 1.165) is 31.0 Å². The molecule has 1 aromatic rings. The number of hydrogen-bond donors (Lipinski definition) is 1. The van der Waals surface area contributed by atoms with Gasteiger partial charge in [0.25, 0.3) is 0 Å². The fourth-order valence-corrected chi connectivity index (χ4v) is 1.03. The Labute approximate surface area is 78.1 Å². The van der Waals surface area contributed by atoms with Gasteiger partial charge < -0.3 is 5.32 Å². The highest BCUT2D eigenvalue weighted by molar-refractivity contribution is 5.03. The minimum Gasteiger partial charge on any atom is -0.318 e. The zero-order valence-corrected chi connectivity index (χ0v) is 8.37. The molecule has 0 saturated heterocycles. The second-order valence-corrected chi connectivity index (χ2v) is 3.14. The number of aryl methyl sites for hydroxylation is 1. The van der Waals surface area contributed by atoms with E-state index in [9.17, 15) is 0 Å². The fraction of sp³-hybridized carbons (Fsp3) is 0.750. The highest BCUT2D eigenvalue weighted by Gasteiger charge is 2.07. The Hall–Kier alpha value is -0.940. The van der Waals surface area contributed by atoms with E-state index in [4.69, 9.17) is 0 Å². The van der Waals surface area contributed by atoms with Gasteiger partial charge in [-0.3, -0.25) is 4.90 Å². The second kappa shape index (κ2) is 4.94. The van der Waals surface area contributed by atoms with Crippen molar-refractivity contribution >= 4 is 0 Å². The first-order valence-electron chi connectivity index (χ1n) is 4.35. The van der Waals surface area contributed by atoms with E-state index in [1.165, 1.54) is 0 Å². The van der Waals surface area contributed by atoms with E-state index in [1.807, 2.05) is 21.0 Å². The molecule has 0 unspecified atom stereocenters. The Bertz CT molecular complexity index is 248. The summed E-state index contributed by atoms with van der Waals surface area (Å²) >= 11 is 0. The maximum atomic E-state index is 4.61. The molecule has 5 heteroatoms. The third kappa shape index (κ3) is 3.12. The lowest BCUT2D eigenvalue weighted by Gasteiger charge is -2.13. The Morgan fingerprint density at radius 1 is 1.46 bits per heavy atom. The maximum Gasteiger partial charge on any atom is 0.122 e. The van der Waals surface area contributed by atoms with Crippen molar-refractivity contribution in [1.82, 2.24) is 20.5 Å². The van der Waals surface area contributed by atoms with Crippen LogP contribution in [0.25, 0.3) is 0 Å². The first kappa shape index (κ1) is 10.1. The first-order valence-corrected chi connectivity index (χ1v) is 4.35. The molecule has 1 N–H and O–H groups in total. The molecule has 13 heavy (non-hydrogen) atoms. The van der Waals surface area contributed by atoms with Gasteiger partial charge in [-0.15, -0.1) is 0 Å². The molecular formula is C8H16N4O. The summed E-state index contributed by atoms with van der Waals surface area (Å²) in [5.41, 5.74) is 1.79. The number of rotatable bonds is 5. The van der Waals surface area contributed by atoms with Gasteiger partial charge in [-0.05, 0) is 21.0 Å². The van der Waals surface area contributed by atoms with Crippen molar-refractivity contribution < 1.29 is 4.63 Å². The van der Waals surface area contributed by atoms with Gasteiger partial charge in [0, 0.05) is 19.6 Å².